The number of amides is 2. The van der Waals surface area contributed by atoms with Gasteiger partial charge in [0, 0.05) is 0 Å². The van der Waals surface area contributed by atoms with E-state index in [9.17, 15) is 9.59 Å². The minimum Gasteiger partial charge on any atom is -0.368 e. The highest BCUT2D eigenvalue weighted by Gasteiger charge is 2.20. The monoisotopic (exact) mass is 261 g/mol. The fraction of sp³-hybridized carbons (Fsp3) is 0.818. The van der Waals surface area contributed by atoms with Gasteiger partial charge in [0.05, 0.1) is 6.04 Å². The van der Waals surface area contributed by atoms with Crippen LogP contribution in [0.5, 0.6) is 0 Å². The van der Waals surface area contributed by atoms with Crippen molar-refractivity contribution in [2.45, 2.75) is 44.7 Å². The number of primary amides is 1. The Labute approximate surface area is 107 Å². The first-order valence-electron chi connectivity index (χ1n) is 5.87. The van der Waals surface area contributed by atoms with Crippen LogP contribution in [-0.4, -0.2) is 35.9 Å². The second-order valence-electron chi connectivity index (χ2n) is 3.99. The fourth-order valence-corrected chi connectivity index (χ4v) is 1.83. The number of carbonyl (C=O) groups is 2. The average Bonchev–Trinajstić information content (AvgIpc) is 2.30. The Kier molecular flexibility index (Phi) is 8.89. The molecule has 0 aliphatic carbocycles. The molecule has 0 aromatic carbocycles. The van der Waals surface area contributed by atoms with Crippen molar-refractivity contribution in [3.05, 3.63) is 0 Å². The molecule has 0 heterocycles. The van der Waals surface area contributed by atoms with Crippen molar-refractivity contribution in [1.29, 1.82) is 0 Å². The summed E-state index contributed by atoms with van der Waals surface area (Å²) in [5, 5.41) is 2.61. The molecule has 5 nitrogen and oxygen atoms in total. The zero-order valence-corrected chi connectivity index (χ0v) is 11.4. The minimum absolute atomic E-state index is 0.289. The fourth-order valence-electron chi connectivity index (χ4n) is 1.36. The number of thioether (sulfide) groups is 1. The van der Waals surface area contributed by atoms with Crippen LogP contribution in [0.25, 0.3) is 0 Å². The van der Waals surface area contributed by atoms with Crippen LogP contribution in [0.3, 0.4) is 0 Å². The van der Waals surface area contributed by atoms with E-state index in [-0.39, 0.29) is 5.91 Å². The number of hydrogen-bond donors (Lipinski definition) is 3. The molecule has 6 heteroatoms. The molecule has 0 saturated carbocycles. The minimum atomic E-state index is -0.609. The summed E-state index contributed by atoms with van der Waals surface area (Å²) in [5.74, 6) is -0.0172. The van der Waals surface area contributed by atoms with Crippen LogP contribution < -0.4 is 16.8 Å². The number of rotatable bonds is 9. The van der Waals surface area contributed by atoms with Crippen LogP contribution in [0.1, 0.15) is 32.6 Å². The predicted octanol–water partition coefficient (Wildman–Crippen LogP) is 0.227. The topological polar surface area (TPSA) is 98.2 Å². The molecule has 0 aliphatic heterocycles. The quantitative estimate of drug-likeness (QED) is 0.553. The molecule has 0 fully saturated rings. The number of nitrogens with two attached hydrogens (primary N) is 2. The van der Waals surface area contributed by atoms with E-state index in [1.54, 1.807) is 11.8 Å². The summed E-state index contributed by atoms with van der Waals surface area (Å²) in [7, 11) is 0. The third kappa shape index (κ3) is 7.23. The summed E-state index contributed by atoms with van der Waals surface area (Å²) < 4.78 is 0. The molecular formula is C11H23N3O2S. The van der Waals surface area contributed by atoms with Crippen LogP contribution in [0.15, 0.2) is 0 Å². The normalized spacial score (nSPS) is 14.1. The molecule has 2 atom stereocenters. The Morgan fingerprint density at radius 3 is 2.47 bits per heavy atom. The van der Waals surface area contributed by atoms with Crippen molar-refractivity contribution in [3.63, 3.8) is 0 Å². The summed E-state index contributed by atoms with van der Waals surface area (Å²) in [6.45, 7) is 2.04. The van der Waals surface area contributed by atoms with Gasteiger partial charge in [-0.25, -0.2) is 0 Å². The van der Waals surface area contributed by atoms with E-state index < -0.39 is 18.0 Å². The molecule has 5 N–H and O–H groups in total. The molecule has 0 aromatic rings. The summed E-state index contributed by atoms with van der Waals surface area (Å²) in [6, 6.07) is -1.16. The van der Waals surface area contributed by atoms with E-state index in [0.29, 0.717) is 12.8 Å². The highest BCUT2D eigenvalue weighted by atomic mass is 32.2. The second kappa shape index (κ2) is 9.30. The van der Waals surface area contributed by atoms with E-state index in [1.165, 1.54) is 0 Å². The molecule has 2 amide bonds. The predicted molar refractivity (Wildman–Crippen MR) is 71.6 cm³/mol. The zero-order chi connectivity index (χ0) is 13.3. The largest absolute Gasteiger partial charge is 0.368 e. The van der Waals surface area contributed by atoms with Gasteiger partial charge in [-0.3, -0.25) is 9.59 Å². The van der Waals surface area contributed by atoms with Crippen molar-refractivity contribution in [1.82, 2.24) is 5.32 Å². The Bertz CT molecular complexity index is 249. The number of nitrogens with one attached hydrogen (secondary N) is 1. The van der Waals surface area contributed by atoms with Gasteiger partial charge in [-0.15, -0.1) is 0 Å². The lowest BCUT2D eigenvalue weighted by atomic mass is 10.1. The first-order valence-corrected chi connectivity index (χ1v) is 7.26. The first kappa shape index (κ1) is 16.2. The molecule has 0 rings (SSSR count). The van der Waals surface area contributed by atoms with Gasteiger partial charge in [0.1, 0.15) is 6.04 Å². The van der Waals surface area contributed by atoms with Crippen LogP contribution in [0, 0.1) is 0 Å². The maximum Gasteiger partial charge on any atom is 0.240 e. The lowest BCUT2D eigenvalue weighted by molar-refractivity contribution is -0.128. The summed E-state index contributed by atoms with van der Waals surface area (Å²) in [6.07, 6.45) is 5.01. The number of carbonyl (C=O) groups excluding carboxylic acids is 2. The van der Waals surface area contributed by atoms with E-state index in [1.807, 2.05) is 13.2 Å². The highest BCUT2D eigenvalue weighted by molar-refractivity contribution is 7.98. The highest BCUT2D eigenvalue weighted by Crippen LogP contribution is 2.02. The van der Waals surface area contributed by atoms with Gasteiger partial charge in [-0.1, -0.05) is 19.8 Å². The molecule has 0 aromatic heterocycles. The van der Waals surface area contributed by atoms with Gasteiger partial charge in [0.25, 0.3) is 0 Å². The average molecular weight is 261 g/mol. The zero-order valence-electron chi connectivity index (χ0n) is 10.6. The van der Waals surface area contributed by atoms with Crippen molar-refractivity contribution < 1.29 is 9.59 Å². The Morgan fingerprint density at radius 1 is 1.35 bits per heavy atom. The molecular weight excluding hydrogens is 238 g/mol. The second-order valence-corrected chi connectivity index (χ2v) is 4.98. The van der Waals surface area contributed by atoms with Crippen molar-refractivity contribution in [2.75, 3.05) is 12.0 Å². The molecule has 0 spiro atoms. The number of unbranched alkanes of at least 4 members (excludes halogenated alkanes) is 1. The summed E-state index contributed by atoms with van der Waals surface area (Å²) in [5.41, 5.74) is 10.9. The van der Waals surface area contributed by atoms with Crippen LogP contribution >= 0.6 is 11.8 Å². The van der Waals surface area contributed by atoms with Crippen LogP contribution in [-0.2, 0) is 9.59 Å². The van der Waals surface area contributed by atoms with Crippen LogP contribution in [0.4, 0.5) is 0 Å². The first-order chi connectivity index (χ1) is 8.02. The molecule has 0 radical (unpaired) electrons. The van der Waals surface area contributed by atoms with Gasteiger partial charge in [0.15, 0.2) is 0 Å². The Balaban J connectivity index is 4.15. The smallest absolute Gasteiger partial charge is 0.240 e. The summed E-state index contributed by atoms with van der Waals surface area (Å²) >= 11 is 1.61. The Hall–Kier alpha value is -0.750. The molecule has 0 bridgehead atoms. The summed E-state index contributed by atoms with van der Waals surface area (Å²) in [4.78, 5) is 22.8. The van der Waals surface area contributed by atoms with E-state index >= 15 is 0 Å². The van der Waals surface area contributed by atoms with Crippen LogP contribution in [0.2, 0.25) is 0 Å². The van der Waals surface area contributed by atoms with Gasteiger partial charge in [-0.05, 0) is 24.9 Å². The van der Waals surface area contributed by atoms with Crippen molar-refractivity contribution >= 4 is 23.6 Å². The molecule has 17 heavy (non-hydrogen) atoms. The van der Waals surface area contributed by atoms with Gasteiger partial charge in [0.2, 0.25) is 11.8 Å². The van der Waals surface area contributed by atoms with Gasteiger partial charge < -0.3 is 16.8 Å². The lowest BCUT2D eigenvalue weighted by Crippen LogP contribution is -2.50. The maximum atomic E-state index is 11.7. The van der Waals surface area contributed by atoms with E-state index in [0.717, 1.165) is 18.6 Å². The third-order valence-corrected chi connectivity index (χ3v) is 3.12. The van der Waals surface area contributed by atoms with Crippen molar-refractivity contribution in [2.24, 2.45) is 11.5 Å². The molecule has 0 aliphatic rings. The van der Waals surface area contributed by atoms with E-state index in [2.05, 4.69) is 5.32 Å². The SMILES string of the molecule is CCCC[C@H](N)C(=O)N[C@@H](CCSC)C(N)=O. The molecule has 100 valence electrons. The molecule has 0 saturated heterocycles. The number of hydrogen-bond acceptors (Lipinski definition) is 4. The lowest BCUT2D eigenvalue weighted by Gasteiger charge is -2.18. The standard InChI is InChI=1S/C11H23N3O2S/c1-3-4-5-8(12)11(16)14-9(10(13)15)6-7-17-2/h8-9H,3-7,12H2,1-2H3,(H2,13,15)(H,14,16)/t8-,9-/m0/s1. The van der Waals surface area contributed by atoms with Crippen molar-refractivity contribution in [3.8, 4) is 0 Å². The molecule has 0 unspecified atom stereocenters. The van der Waals surface area contributed by atoms with E-state index in [4.69, 9.17) is 11.5 Å². The van der Waals surface area contributed by atoms with Gasteiger partial charge in [-0.2, -0.15) is 11.8 Å². The Morgan fingerprint density at radius 2 is 2.00 bits per heavy atom. The third-order valence-electron chi connectivity index (χ3n) is 2.48. The van der Waals surface area contributed by atoms with Gasteiger partial charge >= 0.3 is 0 Å². The maximum absolute atomic E-state index is 11.7.